The SMILES string of the molecule is CCCCCCOc1ccc(OC(=O)c2ccc(-c3nnc(-c4ccc(C(=O)Oc5ccc(OCCCCCC)cc5)cc4)o3)cc2)cc1. The number of hydrogen-bond acceptors (Lipinski definition) is 9. The van der Waals surface area contributed by atoms with Gasteiger partial charge in [-0.25, -0.2) is 9.59 Å². The Hall–Kier alpha value is -5.44. The third-order valence-corrected chi connectivity index (χ3v) is 7.76. The van der Waals surface area contributed by atoms with Crippen molar-refractivity contribution in [2.24, 2.45) is 0 Å². The number of hydrogen-bond donors (Lipinski definition) is 0. The standard InChI is InChI=1S/C40H42N2O7/c1-3-5-7-9-27-45-33-19-23-35(24-20-33)47-39(43)31-15-11-29(12-16-31)37-41-42-38(49-37)30-13-17-32(18-14-30)40(44)48-36-25-21-34(22-26-36)46-28-10-8-6-4-2/h11-26H,3-10,27-28H2,1-2H3. The van der Waals surface area contributed by atoms with Crippen molar-refractivity contribution in [3.63, 3.8) is 0 Å². The third kappa shape index (κ3) is 10.5. The zero-order valence-electron chi connectivity index (χ0n) is 28.1. The van der Waals surface area contributed by atoms with Crippen LogP contribution in [0.2, 0.25) is 0 Å². The van der Waals surface area contributed by atoms with Gasteiger partial charge in [0.05, 0.1) is 24.3 Å². The number of unbranched alkanes of at least 4 members (excludes halogenated alkanes) is 6. The van der Waals surface area contributed by atoms with Gasteiger partial charge < -0.3 is 23.4 Å². The Morgan fingerprint density at radius 2 is 0.857 bits per heavy atom. The molecular weight excluding hydrogens is 620 g/mol. The molecule has 0 fully saturated rings. The van der Waals surface area contributed by atoms with Crippen LogP contribution in [0.5, 0.6) is 23.0 Å². The third-order valence-electron chi connectivity index (χ3n) is 7.76. The van der Waals surface area contributed by atoms with Gasteiger partial charge in [-0.05, 0) is 110 Å². The average molecular weight is 663 g/mol. The van der Waals surface area contributed by atoms with Gasteiger partial charge in [0, 0.05) is 11.1 Å². The zero-order chi connectivity index (χ0) is 34.3. The summed E-state index contributed by atoms with van der Waals surface area (Å²) in [5.41, 5.74) is 2.04. The molecule has 0 spiro atoms. The van der Waals surface area contributed by atoms with Crippen molar-refractivity contribution in [1.29, 1.82) is 0 Å². The summed E-state index contributed by atoms with van der Waals surface area (Å²) < 4.78 is 28.4. The van der Waals surface area contributed by atoms with E-state index in [9.17, 15) is 9.59 Å². The molecule has 5 rings (SSSR count). The number of nitrogens with zero attached hydrogens (tertiary/aromatic N) is 2. The fraction of sp³-hybridized carbons (Fsp3) is 0.300. The lowest BCUT2D eigenvalue weighted by Gasteiger charge is -2.08. The van der Waals surface area contributed by atoms with Gasteiger partial charge in [0.2, 0.25) is 11.8 Å². The Kier molecular flexibility index (Phi) is 13.0. The van der Waals surface area contributed by atoms with Crippen LogP contribution in [0.4, 0.5) is 0 Å². The molecule has 0 radical (unpaired) electrons. The fourth-order valence-electron chi connectivity index (χ4n) is 4.93. The van der Waals surface area contributed by atoms with Crippen LogP contribution in [-0.4, -0.2) is 35.3 Å². The van der Waals surface area contributed by atoms with Crippen LogP contribution >= 0.6 is 0 Å². The molecule has 0 aliphatic carbocycles. The molecule has 1 heterocycles. The maximum absolute atomic E-state index is 12.7. The number of esters is 2. The molecule has 9 nitrogen and oxygen atoms in total. The summed E-state index contributed by atoms with van der Waals surface area (Å²) in [7, 11) is 0. The highest BCUT2D eigenvalue weighted by Crippen LogP contribution is 2.26. The first-order valence-corrected chi connectivity index (χ1v) is 17.0. The van der Waals surface area contributed by atoms with E-state index in [1.54, 1.807) is 97.1 Å². The first kappa shape index (κ1) is 34.9. The lowest BCUT2D eigenvalue weighted by atomic mass is 10.1. The van der Waals surface area contributed by atoms with Gasteiger partial charge in [0.25, 0.3) is 0 Å². The maximum Gasteiger partial charge on any atom is 0.343 e. The molecule has 0 saturated heterocycles. The van der Waals surface area contributed by atoms with Gasteiger partial charge in [-0.3, -0.25) is 0 Å². The van der Waals surface area contributed by atoms with Crippen LogP contribution in [0.15, 0.2) is 101 Å². The van der Waals surface area contributed by atoms with Gasteiger partial charge in [0.1, 0.15) is 23.0 Å². The number of ether oxygens (including phenoxy) is 4. The average Bonchev–Trinajstić information content (AvgIpc) is 3.63. The highest BCUT2D eigenvalue weighted by atomic mass is 16.5. The lowest BCUT2D eigenvalue weighted by molar-refractivity contribution is 0.0725. The minimum atomic E-state index is -0.483. The van der Waals surface area contributed by atoms with E-state index in [0.29, 0.717) is 47.0 Å². The summed E-state index contributed by atoms with van der Waals surface area (Å²) in [4.78, 5) is 25.4. The molecule has 0 aliphatic heterocycles. The molecule has 0 unspecified atom stereocenters. The van der Waals surface area contributed by atoms with Gasteiger partial charge in [0.15, 0.2) is 0 Å². The monoisotopic (exact) mass is 662 g/mol. The first-order valence-electron chi connectivity index (χ1n) is 17.0. The van der Waals surface area contributed by atoms with Crippen LogP contribution in [0.1, 0.15) is 85.9 Å². The molecule has 4 aromatic carbocycles. The molecule has 254 valence electrons. The Balaban J connectivity index is 1.10. The molecule has 49 heavy (non-hydrogen) atoms. The van der Waals surface area contributed by atoms with E-state index in [4.69, 9.17) is 23.4 Å². The number of carbonyl (C=O) groups excluding carboxylic acids is 2. The van der Waals surface area contributed by atoms with Gasteiger partial charge in [-0.2, -0.15) is 0 Å². The number of carbonyl (C=O) groups is 2. The smallest absolute Gasteiger partial charge is 0.343 e. The quantitative estimate of drug-likeness (QED) is 0.0514. The Bertz CT molecular complexity index is 1620. The molecule has 0 atom stereocenters. The van der Waals surface area contributed by atoms with Crippen molar-refractivity contribution in [1.82, 2.24) is 10.2 Å². The van der Waals surface area contributed by atoms with E-state index in [1.165, 1.54) is 25.7 Å². The van der Waals surface area contributed by atoms with Crippen molar-refractivity contribution >= 4 is 11.9 Å². The molecule has 0 amide bonds. The number of aromatic nitrogens is 2. The van der Waals surface area contributed by atoms with Crippen LogP contribution < -0.4 is 18.9 Å². The molecule has 5 aromatic rings. The molecule has 9 heteroatoms. The topological polar surface area (TPSA) is 110 Å². The molecule has 0 saturated carbocycles. The van der Waals surface area contributed by atoms with Crippen LogP contribution in [0.25, 0.3) is 22.9 Å². The van der Waals surface area contributed by atoms with E-state index in [1.807, 2.05) is 0 Å². The van der Waals surface area contributed by atoms with Crippen LogP contribution in [0, 0.1) is 0 Å². The Morgan fingerprint density at radius 3 is 1.22 bits per heavy atom. The summed E-state index contributed by atoms with van der Waals surface area (Å²) in [6, 6.07) is 27.5. The lowest BCUT2D eigenvalue weighted by Crippen LogP contribution is -2.08. The van der Waals surface area contributed by atoms with E-state index in [2.05, 4.69) is 24.0 Å². The van der Waals surface area contributed by atoms with Gasteiger partial charge in [-0.1, -0.05) is 52.4 Å². The summed E-state index contributed by atoms with van der Waals surface area (Å²) in [5, 5.41) is 8.31. The molecule has 0 aliphatic rings. The van der Waals surface area contributed by atoms with Crippen LogP contribution in [-0.2, 0) is 0 Å². The van der Waals surface area contributed by atoms with Crippen molar-refractivity contribution in [3.8, 4) is 45.9 Å². The van der Waals surface area contributed by atoms with Gasteiger partial charge in [-0.15, -0.1) is 10.2 Å². The van der Waals surface area contributed by atoms with Crippen LogP contribution in [0.3, 0.4) is 0 Å². The number of benzene rings is 4. The Morgan fingerprint density at radius 1 is 0.490 bits per heavy atom. The highest BCUT2D eigenvalue weighted by Gasteiger charge is 2.15. The predicted molar refractivity (Wildman–Crippen MR) is 187 cm³/mol. The summed E-state index contributed by atoms with van der Waals surface area (Å²) in [6.45, 7) is 5.69. The fourth-order valence-corrected chi connectivity index (χ4v) is 4.93. The van der Waals surface area contributed by atoms with Gasteiger partial charge >= 0.3 is 11.9 Å². The van der Waals surface area contributed by atoms with E-state index >= 15 is 0 Å². The normalized spacial score (nSPS) is 10.8. The summed E-state index contributed by atoms with van der Waals surface area (Å²) in [5.74, 6) is 1.96. The van der Waals surface area contributed by atoms with E-state index in [-0.39, 0.29) is 11.8 Å². The minimum Gasteiger partial charge on any atom is -0.494 e. The highest BCUT2D eigenvalue weighted by molar-refractivity contribution is 5.92. The molecule has 1 aromatic heterocycles. The second-order valence-corrected chi connectivity index (χ2v) is 11.6. The number of rotatable bonds is 18. The minimum absolute atomic E-state index is 0.289. The van der Waals surface area contributed by atoms with Crippen molar-refractivity contribution in [3.05, 3.63) is 108 Å². The molecular formula is C40H42N2O7. The first-order chi connectivity index (χ1) is 24.0. The van der Waals surface area contributed by atoms with Crippen molar-refractivity contribution in [2.45, 2.75) is 65.2 Å². The predicted octanol–water partition coefficient (Wildman–Crippen LogP) is 9.76. The van der Waals surface area contributed by atoms with Crippen molar-refractivity contribution in [2.75, 3.05) is 13.2 Å². The van der Waals surface area contributed by atoms with Crippen molar-refractivity contribution < 1.29 is 33.0 Å². The Labute approximate surface area is 287 Å². The van der Waals surface area contributed by atoms with E-state index in [0.717, 1.165) is 37.2 Å². The zero-order valence-corrected chi connectivity index (χ0v) is 28.1. The largest absolute Gasteiger partial charge is 0.494 e. The second kappa shape index (κ2) is 18.2. The second-order valence-electron chi connectivity index (χ2n) is 11.6. The van der Waals surface area contributed by atoms with E-state index < -0.39 is 11.9 Å². The molecule has 0 N–H and O–H groups in total. The summed E-state index contributed by atoms with van der Waals surface area (Å²) in [6.07, 6.45) is 9.12. The maximum atomic E-state index is 12.7. The summed E-state index contributed by atoms with van der Waals surface area (Å²) >= 11 is 0. The molecule has 0 bridgehead atoms.